The fourth-order valence-electron chi connectivity index (χ4n) is 2.12. The molecule has 0 unspecified atom stereocenters. The summed E-state index contributed by atoms with van der Waals surface area (Å²) in [4.78, 5) is 25.3. The third kappa shape index (κ3) is 3.72. The van der Waals surface area contributed by atoms with Crippen molar-refractivity contribution in [3.63, 3.8) is 0 Å². The number of ether oxygens (including phenoxy) is 1. The summed E-state index contributed by atoms with van der Waals surface area (Å²) in [7, 11) is 0. The van der Waals surface area contributed by atoms with Gasteiger partial charge >= 0.3 is 0 Å². The molecule has 6 nitrogen and oxygen atoms in total. The molecule has 1 aliphatic heterocycles. The number of nitrogens with zero attached hydrogens (tertiary/aromatic N) is 1. The van der Waals surface area contributed by atoms with Gasteiger partial charge in [-0.15, -0.1) is 0 Å². The fourth-order valence-corrected chi connectivity index (χ4v) is 2.12. The van der Waals surface area contributed by atoms with E-state index in [-0.39, 0.29) is 31.6 Å². The molecule has 2 N–H and O–H groups in total. The smallest absolute Gasteiger partial charge is 0.265 e. The molecule has 2 rings (SSSR count). The molecule has 6 heteroatoms. The first-order valence-electron chi connectivity index (χ1n) is 7.09. The highest BCUT2D eigenvalue weighted by Gasteiger charge is 2.27. The molecule has 114 valence electrons. The van der Waals surface area contributed by atoms with Gasteiger partial charge in [0.25, 0.3) is 5.91 Å². The van der Waals surface area contributed by atoms with Gasteiger partial charge in [-0.1, -0.05) is 19.4 Å². The molecular weight excluding hydrogens is 272 g/mol. The second-order valence-electron chi connectivity index (χ2n) is 4.93. The molecule has 0 bridgehead atoms. The zero-order valence-corrected chi connectivity index (χ0v) is 12.1. The Balaban J connectivity index is 2.12. The SMILES string of the molecule is CCCCNC(=O)CN1C(=O)COc2ccc(CO)cc21. The molecule has 0 aromatic heterocycles. The molecule has 0 atom stereocenters. The molecule has 1 heterocycles. The number of nitrogens with one attached hydrogen (secondary N) is 1. The predicted octanol–water partition coefficient (Wildman–Crippen LogP) is 0.821. The van der Waals surface area contributed by atoms with E-state index in [0.717, 1.165) is 12.8 Å². The Kier molecular flexibility index (Phi) is 5.16. The summed E-state index contributed by atoms with van der Waals surface area (Å²) in [5.41, 5.74) is 1.20. The number of aliphatic hydroxyl groups is 1. The number of benzene rings is 1. The highest BCUT2D eigenvalue weighted by atomic mass is 16.5. The lowest BCUT2D eigenvalue weighted by Crippen LogP contribution is -2.45. The van der Waals surface area contributed by atoms with E-state index in [9.17, 15) is 14.7 Å². The summed E-state index contributed by atoms with van der Waals surface area (Å²) >= 11 is 0. The molecule has 0 radical (unpaired) electrons. The molecule has 1 aliphatic rings. The number of unbranched alkanes of at least 4 members (excludes halogenated alkanes) is 1. The summed E-state index contributed by atoms with van der Waals surface area (Å²) in [5.74, 6) is 0.0930. The van der Waals surface area contributed by atoms with Crippen LogP contribution in [0.1, 0.15) is 25.3 Å². The number of rotatable bonds is 6. The van der Waals surface area contributed by atoms with Gasteiger partial charge in [-0.25, -0.2) is 0 Å². The van der Waals surface area contributed by atoms with Gasteiger partial charge in [0.05, 0.1) is 12.3 Å². The topological polar surface area (TPSA) is 78.9 Å². The minimum absolute atomic E-state index is 0.0339. The van der Waals surface area contributed by atoms with Crippen molar-refractivity contribution in [1.82, 2.24) is 5.32 Å². The van der Waals surface area contributed by atoms with Crippen molar-refractivity contribution in [2.45, 2.75) is 26.4 Å². The van der Waals surface area contributed by atoms with E-state index in [1.807, 2.05) is 6.92 Å². The van der Waals surface area contributed by atoms with Crippen LogP contribution in [0.4, 0.5) is 5.69 Å². The normalized spacial score (nSPS) is 13.6. The lowest BCUT2D eigenvalue weighted by molar-refractivity contribution is -0.125. The monoisotopic (exact) mass is 292 g/mol. The van der Waals surface area contributed by atoms with Crippen LogP contribution in [0.25, 0.3) is 0 Å². The molecular formula is C15H20N2O4. The summed E-state index contributed by atoms with van der Waals surface area (Å²) in [6.07, 6.45) is 1.91. The third-order valence-corrected chi connectivity index (χ3v) is 3.30. The van der Waals surface area contributed by atoms with Gasteiger partial charge in [0.1, 0.15) is 12.3 Å². The second kappa shape index (κ2) is 7.08. The van der Waals surface area contributed by atoms with E-state index in [2.05, 4.69) is 5.32 Å². The van der Waals surface area contributed by atoms with Crippen LogP contribution in [0.15, 0.2) is 18.2 Å². The Bertz CT molecular complexity index is 530. The van der Waals surface area contributed by atoms with E-state index in [1.54, 1.807) is 18.2 Å². The van der Waals surface area contributed by atoms with Crippen molar-refractivity contribution in [1.29, 1.82) is 0 Å². The minimum Gasteiger partial charge on any atom is -0.482 e. The van der Waals surface area contributed by atoms with Crippen LogP contribution < -0.4 is 15.0 Å². The Labute approximate surface area is 123 Å². The van der Waals surface area contributed by atoms with Crippen molar-refractivity contribution in [3.8, 4) is 5.75 Å². The number of hydrogen-bond donors (Lipinski definition) is 2. The van der Waals surface area contributed by atoms with E-state index < -0.39 is 0 Å². The van der Waals surface area contributed by atoms with Crippen LogP contribution in [0.5, 0.6) is 5.75 Å². The van der Waals surface area contributed by atoms with Crippen LogP contribution in [-0.4, -0.2) is 36.6 Å². The summed E-state index contributed by atoms with van der Waals surface area (Å²) in [6.45, 7) is 2.42. The second-order valence-corrected chi connectivity index (χ2v) is 4.93. The van der Waals surface area contributed by atoms with E-state index >= 15 is 0 Å². The van der Waals surface area contributed by atoms with Crippen LogP contribution in [0.2, 0.25) is 0 Å². The lowest BCUT2D eigenvalue weighted by Gasteiger charge is -2.29. The van der Waals surface area contributed by atoms with E-state index in [1.165, 1.54) is 4.90 Å². The van der Waals surface area contributed by atoms with Gasteiger partial charge in [-0.05, 0) is 24.1 Å². The number of amides is 2. The Morgan fingerprint density at radius 3 is 3.00 bits per heavy atom. The Hall–Kier alpha value is -2.08. The molecule has 2 amide bonds. The highest BCUT2D eigenvalue weighted by molar-refractivity contribution is 6.02. The van der Waals surface area contributed by atoms with Crippen molar-refractivity contribution in [2.24, 2.45) is 0 Å². The maximum Gasteiger partial charge on any atom is 0.265 e. The van der Waals surface area contributed by atoms with Crippen LogP contribution in [0, 0.1) is 0 Å². The minimum atomic E-state index is -0.261. The maximum absolute atomic E-state index is 12.0. The zero-order chi connectivity index (χ0) is 15.2. The van der Waals surface area contributed by atoms with E-state index in [0.29, 0.717) is 23.5 Å². The standard InChI is InChI=1S/C15H20N2O4/c1-2-3-6-16-14(19)8-17-12-7-11(9-18)4-5-13(12)21-10-15(17)20/h4-5,7,18H,2-3,6,8-10H2,1H3,(H,16,19). The lowest BCUT2D eigenvalue weighted by atomic mass is 10.1. The zero-order valence-electron chi connectivity index (χ0n) is 12.1. The third-order valence-electron chi connectivity index (χ3n) is 3.30. The average molecular weight is 292 g/mol. The van der Waals surface area contributed by atoms with Crippen molar-refractivity contribution < 1.29 is 19.4 Å². The van der Waals surface area contributed by atoms with Crippen LogP contribution in [0.3, 0.4) is 0 Å². The number of anilines is 1. The summed E-state index contributed by atoms with van der Waals surface area (Å²) in [6, 6.07) is 5.11. The highest BCUT2D eigenvalue weighted by Crippen LogP contribution is 2.32. The molecule has 21 heavy (non-hydrogen) atoms. The van der Waals surface area contributed by atoms with Crippen LogP contribution >= 0.6 is 0 Å². The predicted molar refractivity (Wildman–Crippen MR) is 78.1 cm³/mol. The van der Waals surface area contributed by atoms with Crippen LogP contribution in [-0.2, 0) is 16.2 Å². The van der Waals surface area contributed by atoms with Gasteiger partial charge in [-0.3, -0.25) is 14.5 Å². The molecule has 0 saturated heterocycles. The largest absolute Gasteiger partial charge is 0.482 e. The van der Waals surface area contributed by atoms with Gasteiger partial charge < -0.3 is 15.2 Å². The van der Waals surface area contributed by atoms with Gasteiger partial charge in [0, 0.05) is 6.54 Å². The maximum atomic E-state index is 12.0. The number of aliphatic hydroxyl groups excluding tert-OH is 1. The quantitative estimate of drug-likeness (QED) is 0.761. The first-order chi connectivity index (χ1) is 10.2. The average Bonchev–Trinajstić information content (AvgIpc) is 2.50. The molecule has 0 saturated carbocycles. The summed E-state index contributed by atoms with van der Waals surface area (Å²) in [5, 5.41) is 12.0. The summed E-state index contributed by atoms with van der Waals surface area (Å²) < 4.78 is 5.34. The number of hydrogen-bond acceptors (Lipinski definition) is 4. The molecule has 1 aromatic carbocycles. The number of carbonyl (C=O) groups is 2. The first kappa shape index (κ1) is 15.3. The molecule has 0 spiro atoms. The Morgan fingerprint density at radius 1 is 1.48 bits per heavy atom. The fraction of sp³-hybridized carbons (Fsp3) is 0.467. The first-order valence-corrected chi connectivity index (χ1v) is 7.09. The van der Waals surface area contributed by atoms with Gasteiger partial charge in [-0.2, -0.15) is 0 Å². The molecule has 1 aromatic rings. The van der Waals surface area contributed by atoms with Crippen molar-refractivity contribution in [3.05, 3.63) is 23.8 Å². The molecule has 0 aliphatic carbocycles. The number of fused-ring (bicyclic) bond motifs is 1. The van der Waals surface area contributed by atoms with E-state index in [4.69, 9.17) is 4.74 Å². The van der Waals surface area contributed by atoms with Crippen molar-refractivity contribution >= 4 is 17.5 Å². The van der Waals surface area contributed by atoms with Gasteiger partial charge in [0.2, 0.25) is 5.91 Å². The van der Waals surface area contributed by atoms with Crippen molar-refractivity contribution in [2.75, 3.05) is 24.6 Å². The number of carbonyl (C=O) groups excluding carboxylic acids is 2. The Morgan fingerprint density at radius 2 is 2.29 bits per heavy atom. The van der Waals surface area contributed by atoms with Gasteiger partial charge in [0.15, 0.2) is 6.61 Å². The molecule has 0 fully saturated rings.